The van der Waals surface area contributed by atoms with E-state index in [9.17, 15) is 4.79 Å². The largest absolute Gasteiger partial charge is 0.412 e. The molecule has 2 heterocycles. The number of aryl methyl sites for hydroxylation is 2. The van der Waals surface area contributed by atoms with Gasteiger partial charge >= 0.3 is 0 Å². The van der Waals surface area contributed by atoms with Gasteiger partial charge in [0, 0.05) is 18.8 Å². The van der Waals surface area contributed by atoms with E-state index in [2.05, 4.69) is 33.8 Å². The summed E-state index contributed by atoms with van der Waals surface area (Å²) in [6, 6.07) is 25.8. The van der Waals surface area contributed by atoms with Crippen molar-refractivity contribution in [2.75, 3.05) is 0 Å². The predicted molar refractivity (Wildman–Crippen MR) is 105 cm³/mol. The van der Waals surface area contributed by atoms with Gasteiger partial charge in [-0.25, -0.2) is 4.98 Å². The summed E-state index contributed by atoms with van der Waals surface area (Å²) in [7, 11) is 0. The first-order valence-corrected chi connectivity index (χ1v) is 8.41. The SMILES string of the molecule is O.O=c1cc(-c2ccccc2)n(CCc2ccccc2)c2ncccc12. The van der Waals surface area contributed by atoms with Crippen molar-refractivity contribution in [3.8, 4) is 11.3 Å². The molecule has 0 saturated heterocycles. The number of pyridine rings is 2. The van der Waals surface area contributed by atoms with Gasteiger partial charge in [0.05, 0.1) is 11.1 Å². The van der Waals surface area contributed by atoms with Gasteiger partial charge < -0.3 is 10.0 Å². The molecule has 0 aliphatic heterocycles. The zero-order valence-corrected chi connectivity index (χ0v) is 14.3. The van der Waals surface area contributed by atoms with Crippen molar-refractivity contribution in [2.24, 2.45) is 0 Å². The van der Waals surface area contributed by atoms with Crippen LogP contribution in [-0.4, -0.2) is 15.0 Å². The monoisotopic (exact) mass is 344 g/mol. The Morgan fingerprint density at radius 2 is 1.54 bits per heavy atom. The minimum Gasteiger partial charge on any atom is -0.412 e. The smallest absolute Gasteiger partial charge is 0.191 e. The molecular weight excluding hydrogens is 324 g/mol. The summed E-state index contributed by atoms with van der Waals surface area (Å²) in [6.45, 7) is 0.766. The maximum absolute atomic E-state index is 12.5. The Balaban J connectivity index is 0.00000196. The molecule has 0 aliphatic carbocycles. The Hall–Kier alpha value is -3.24. The lowest BCUT2D eigenvalue weighted by Crippen LogP contribution is -2.14. The van der Waals surface area contributed by atoms with Gasteiger partial charge in [0.2, 0.25) is 0 Å². The third-order valence-corrected chi connectivity index (χ3v) is 4.40. The van der Waals surface area contributed by atoms with Crippen molar-refractivity contribution in [2.45, 2.75) is 13.0 Å². The molecule has 2 aromatic carbocycles. The maximum Gasteiger partial charge on any atom is 0.191 e. The van der Waals surface area contributed by atoms with E-state index >= 15 is 0 Å². The summed E-state index contributed by atoms with van der Waals surface area (Å²) in [4.78, 5) is 17.0. The number of fused-ring (bicyclic) bond motifs is 1. The van der Waals surface area contributed by atoms with Crippen molar-refractivity contribution < 1.29 is 5.48 Å². The predicted octanol–water partition coefficient (Wildman–Crippen LogP) is 3.48. The third-order valence-electron chi connectivity index (χ3n) is 4.40. The number of hydrogen-bond acceptors (Lipinski definition) is 2. The molecule has 2 aromatic heterocycles. The lowest BCUT2D eigenvalue weighted by atomic mass is 10.1. The van der Waals surface area contributed by atoms with Gasteiger partial charge in [0.25, 0.3) is 0 Å². The minimum absolute atomic E-state index is 0. The zero-order valence-electron chi connectivity index (χ0n) is 14.3. The van der Waals surface area contributed by atoms with Crippen molar-refractivity contribution in [1.29, 1.82) is 0 Å². The number of rotatable bonds is 4. The molecule has 2 N–H and O–H groups in total. The van der Waals surface area contributed by atoms with E-state index in [4.69, 9.17) is 0 Å². The highest BCUT2D eigenvalue weighted by Gasteiger charge is 2.11. The molecule has 26 heavy (non-hydrogen) atoms. The zero-order chi connectivity index (χ0) is 17.1. The normalized spacial score (nSPS) is 10.5. The molecule has 130 valence electrons. The summed E-state index contributed by atoms with van der Waals surface area (Å²) < 4.78 is 2.15. The molecule has 0 amide bonds. The molecule has 4 nitrogen and oxygen atoms in total. The van der Waals surface area contributed by atoms with Crippen LogP contribution in [0, 0.1) is 0 Å². The second kappa shape index (κ2) is 7.76. The van der Waals surface area contributed by atoms with Gasteiger partial charge in [-0.1, -0.05) is 60.7 Å². The first-order valence-electron chi connectivity index (χ1n) is 8.41. The second-order valence-electron chi connectivity index (χ2n) is 6.02. The Labute approximate surface area is 151 Å². The van der Waals surface area contributed by atoms with Crippen molar-refractivity contribution in [3.05, 3.63) is 101 Å². The summed E-state index contributed by atoms with van der Waals surface area (Å²) in [6.07, 6.45) is 2.63. The summed E-state index contributed by atoms with van der Waals surface area (Å²) in [5, 5.41) is 0.662. The Bertz CT molecular complexity index is 1060. The highest BCUT2D eigenvalue weighted by atomic mass is 16.1. The van der Waals surface area contributed by atoms with Gasteiger partial charge in [0.1, 0.15) is 5.65 Å². The molecule has 4 aromatic rings. The van der Waals surface area contributed by atoms with Crippen LogP contribution in [0.4, 0.5) is 0 Å². The minimum atomic E-state index is 0. The first kappa shape index (κ1) is 17.6. The van der Waals surface area contributed by atoms with E-state index in [-0.39, 0.29) is 10.9 Å². The topological polar surface area (TPSA) is 66.4 Å². The van der Waals surface area contributed by atoms with Gasteiger partial charge in [-0.3, -0.25) is 4.79 Å². The third kappa shape index (κ3) is 3.41. The Morgan fingerprint density at radius 3 is 2.27 bits per heavy atom. The standard InChI is InChI=1S/C22H18N2O.H2O/c25-21-16-20(18-10-5-2-6-11-18)24(22-19(21)12-7-14-23-22)15-13-17-8-3-1-4-9-17;/h1-12,14,16H,13,15H2;1H2. The molecule has 0 atom stereocenters. The average molecular weight is 344 g/mol. The van der Waals surface area contributed by atoms with E-state index in [1.165, 1.54) is 5.56 Å². The summed E-state index contributed by atoms with van der Waals surface area (Å²) >= 11 is 0. The lowest BCUT2D eigenvalue weighted by Gasteiger charge is -2.16. The molecule has 0 bridgehead atoms. The fourth-order valence-corrected chi connectivity index (χ4v) is 3.16. The molecule has 0 saturated carbocycles. The first-order chi connectivity index (χ1) is 12.3. The number of aromatic nitrogens is 2. The van der Waals surface area contributed by atoms with Crippen LogP contribution in [0.15, 0.2) is 89.9 Å². The molecule has 0 aliphatic rings. The molecule has 4 rings (SSSR count). The molecule has 0 fully saturated rings. The van der Waals surface area contributed by atoms with Crippen molar-refractivity contribution in [1.82, 2.24) is 9.55 Å². The van der Waals surface area contributed by atoms with Crippen LogP contribution in [0.3, 0.4) is 0 Å². The lowest BCUT2D eigenvalue weighted by molar-refractivity contribution is 0.716. The molecule has 0 unspecified atom stereocenters. The quantitative estimate of drug-likeness (QED) is 0.569. The van der Waals surface area contributed by atoms with Crippen LogP contribution < -0.4 is 5.43 Å². The van der Waals surface area contributed by atoms with E-state index in [0.29, 0.717) is 5.39 Å². The fourth-order valence-electron chi connectivity index (χ4n) is 3.16. The van der Waals surface area contributed by atoms with Crippen LogP contribution in [-0.2, 0) is 13.0 Å². The highest BCUT2D eigenvalue weighted by molar-refractivity contribution is 5.79. The van der Waals surface area contributed by atoms with E-state index in [1.807, 2.05) is 48.5 Å². The maximum atomic E-state index is 12.5. The van der Waals surface area contributed by atoms with Crippen molar-refractivity contribution in [3.63, 3.8) is 0 Å². The van der Waals surface area contributed by atoms with Crippen LogP contribution in [0.1, 0.15) is 5.56 Å². The summed E-state index contributed by atoms with van der Waals surface area (Å²) in [5.41, 5.74) is 3.96. The molecule has 0 spiro atoms. The van der Waals surface area contributed by atoms with E-state index in [0.717, 1.165) is 29.9 Å². The van der Waals surface area contributed by atoms with E-state index in [1.54, 1.807) is 12.3 Å². The van der Waals surface area contributed by atoms with Crippen LogP contribution >= 0.6 is 0 Å². The van der Waals surface area contributed by atoms with Gasteiger partial charge in [0.15, 0.2) is 5.43 Å². The Kier molecular flexibility index (Phi) is 5.25. The van der Waals surface area contributed by atoms with Gasteiger partial charge in [-0.05, 0) is 29.7 Å². The molecule has 0 radical (unpaired) electrons. The molecular formula is C22H20N2O2. The van der Waals surface area contributed by atoms with Gasteiger partial charge in [-0.15, -0.1) is 0 Å². The van der Waals surface area contributed by atoms with Crippen LogP contribution in [0.25, 0.3) is 22.3 Å². The van der Waals surface area contributed by atoms with E-state index < -0.39 is 0 Å². The molecule has 4 heteroatoms. The number of nitrogens with zero attached hydrogens (tertiary/aromatic N) is 2. The second-order valence-corrected chi connectivity index (χ2v) is 6.02. The van der Waals surface area contributed by atoms with Gasteiger partial charge in [-0.2, -0.15) is 0 Å². The van der Waals surface area contributed by atoms with Crippen LogP contribution in [0.5, 0.6) is 0 Å². The fraction of sp³-hybridized carbons (Fsp3) is 0.0909. The van der Waals surface area contributed by atoms with Crippen LogP contribution in [0.2, 0.25) is 0 Å². The Morgan fingerprint density at radius 1 is 0.846 bits per heavy atom. The highest BCUT2D eigenvalue weighted by Crippen LogP contribution is 2.22. The number of benzene rings is 2. The number of hydrogen-bond donors (Lipinski definition) is 0. The summed E-state index contributed by atoms with van der Waals surface area (Å²) in [5.74, 6) is 0. The average Bonchev–Trinajstić information content (AvgIpc) is 2.69. The van der Waals surface area contributed by atoms with Crippen molar-refractivity contribution >= 4 is 11.0 Å².